The molecule has 0 spiro atoms. The number of hydrogen-bond acceptors (Lipinski definition) is 0. The van der Waals surface area contributed by atoms with E-state index in [0.717, 1.165) is 23.3 Å². The summed E-state index contributed by atoms with van der Waals surface area (Å²) in [5.41, 5.74) is 4.43. The summed E-state index contributed by atoms with van der Waals surface area (Å²) in [7, 11) is 0. The molecule has 0 aliphatic heterocycles. The predicted molar refractivity (Wildman–Crippen MR) is 131 cm³/mol. The van der Waals surface area contributed by atoms with Gasteiger partial charge in [0.1, 0.15) is 0 Å². The zero-order valence-corrected chi connectivity index (χ0v) is 24.5. The van der Waals surface area contributed by atoms with Crippen molar-refractivity contribution in [2.45, 2.75) is 60.4 Å². The standard InChI is InChI=1S/C17H9F6.C9H13.C2H6Si.Zr/c18-16(19,20)12-7-11(8-13(9-12)17(21,22)23)15-6-5-10-3-1-2-4-14(10)15;1-6-5-7(2)9(4)8(6)3;1-3-2;/h1-9H;5H,1-4H3;1-2H3;. The van der Waals surface area contributed by atoms with Gasteiger partial charge in [0.2, 0.25) is 0 Å². The Morgan fingerprint density at radius 3 is 1.72 bits per heavy atom. The second kappa shape index (κ2) is 9.58. The van der Waals surface area contributed by atoms with Crippen molar-refractivity contribution in [3.05, 3.63) is 98.7 Å². The zero-order chi connectivity index (χ0) is 26.7. The van der Waals surface area contributed by atoms with Crippen LogP contribution in [0.2, 0.25) is 16.7 Å². The van der Waals surface area contributed by atoms with E-state index in [1.807, 2.05) is 24.3 Å². The Bertz CT molecular complexity index is 1310. The van der Waals surface area contributed by atoms with Crippen molar-refractivity contribution in [1.29, 1.82) is 0 Å². The number of benzene rings is 2. The van der Waals surface area contributed by atoms with Gasteiger partial charge in [-0.05, 0) is 0 Å². The fraction of sp³-hybridized carbons (Fsp3) is 0.357. The quantitative estimate of drug-likeness (QED) is 0.244. The van der Waals surface area contributed by atoms with E-state index in [1.165, 1.54) is 22.3 Å². The normalized spacial score (nSPS) is 18.7. The third-order valence-corrected chi connectivity index (χ3v) is 27.3. The Hall–Kier alpha value is -1.66. The number of alkyl halides is 6. The average Bonchev–Trinajstić information content (AvgIpc) is 3.25. The predicted octanol–water partition coefficient (Wildman–Crippen LogP) is 9.55. The number of rotatable bonds is 3. The van der Waals surface area contributed by atoms with Crippen molar-refractivity contribution < 1.29 is 46.7 Å². The van der Waals surface area contributed by atoms with Crippen molar-refractivity contribution in [1.82, 2.24) is 0 Å². The maximum atomic E-state index is 13.6. The summed E-state index contributed by atoms with van der Waals surface area (Å²) < 4.78 is 82.2. The molecule has 0 aromatic heterocycles. The molecule has 190 valence electrons. The molecule has 8 heteroatoms. The first-order valence-corrected chi connectivity index (χ1v) is 20.8. The van der Waals surface area contributed by atoms with E-state index in [-0.39, 0.29) is 15.3 Å². The monoisotopic (exact) mass is 596 g/mol. The molecule has 0 nitrogen and oxygen atoms in total. The molecule has 0 N–H and O–H groups in total. The zero-order valence-electron chi connectivity index (χ0n) is 21.0. The molecule has 0 saturated carbocycles. The van der Waals surface area contributed by atoms with Crippen LogP contribution in [0.15, 0.2) is 70.8 Å². The van der Waals surface area contributed by atoms with Crippen LogP contribution in [0.3, 0.4) is 0 Å². The SMILES string of the molecule is CC1=C(C)[CH]([Zr]([CH]2C=C(c3cc(C(F)(F)F)cc(C(F)(F)F)c3)c3ccccc32)=[Si](C)C)C(C)=C1C. The molecule has 0 saturated heterocycles. The van der Waals surface area contributed by atoms with Gasteiger partial charge in [0, 0.05) is 0 Å². The molecule has 36 heavy (non-hydrogen) atoms. The van der Waals surface area contributed by atoms with Gasteiger partial charge in [-0.25, -0.2) is 0 Å². The van der Waals surface area contributed by atoms with Crippen LogP contribution in [0, 0.1) is 0 Å². The van der Waals surface area contributed by atoms with E-state index in [1.54, 1.807) is 6.07 Å². The first-order valence-electron chi connectivity index (χ1n) is 11.8. The topological polar surface area (TPSA) is 0 Å². The molecule has 1 unspecified atom stereocenters. The molecule has 0 bridgehead atoms. The molecular formula is C28H28F6SiZr. The van der Waals surface area contributed by atoms with Crippen LogP contribution >= 0.6 is 0 Å². The average molecular weight is 598 g/mol. The Balaban J connectivity index is 1.95. The summed E-state index contributed by atoms with van der Waals surface area (Å²) in [6.45, 7) is 13.3. The van der Waals surface area contributed by atoms with E-state index >= 15 is 0 Å². The van der Waals surface area contributed by atoms with Gasteiger partial charge < -0.3 is 0 Å². The van der Waals surface area contributed by atoms with Crippen molar-refractivity contribution in [3.63, 3.8) is 0 Å². The summed E-state index contributed by atoms with van der Waals surface area (Å²) >= 11 is -2.39. The van der Waals surface area contributed by atoms with Gasteiger partial charge in [-0.15, -0.1) is 0 Å². The van der Waals surface area contributed by atoms with Gasteiger partial charge in [-0.1, -0.05) is 0 Å². The molecule has 0 fully saturated rings. The minimum atomic E-state index is -4.87. The van der Waals surface area contributed by atoms with Gasteiger partial charge in [-0.3, -0.25) is 0 Å². The Morgan fingerprint density at radius 2 is 1.25 bits per heavy atom. The number of fused-ring (bicyclic) bond motifs is 1. The minimum absolute atomic E-state index is 0.0193. The van der Waals surface area contributed by atoms with Crippen LogP contribution in [-0.4, -0.2) is 5.43 Å². The van der Waals surface area contributed by atoms with E-state index in [2.05, 4.69) is 40.8 Å². The number of halogens is 6. The van der Waals surface area contributed by atoms with Crippen molar-refractivity contribution in [2.24, 2.45) is 0 Å². The van der Waals surface area contributed by atoms with Gasteiger partial charge in [-0.2, -0.15) is 0 Å². The Labute approximate surface area is 216 Å². The Kier molecular flexibility index (Phi) is 7.28. The van der Waals surface area contributed by atoms with Crippen LogP contribution in [0.25, 0.3) is 5.57 Å². The van der Waals surface area contributed by atoms with E-state index < -0.39 is 49.3 Å². The summed E-state index contributed by atoms with van der Waals surface area (Å²) in [5, 5.41) is 0. The molecule has 2 aromatic rings. The van der Waals surface area contributed by atoms with Crippen molar-refractivity contribution in [3.8, 4) is 0 Å². The molecule has 0 heterocycles. The first-order chi connectivity index (χ1) is 16.6. The summed E-state index contributed by atoms with van der Waals surface area (Å²) in [4.78, 5) is 0. The molecular weight excluding hydrogens is 570 g/mol. The molecule has 0 radical (unpaired) electrons. The van der Waals surface area contributed by atoms with Crippen LogP contribution < -0.4 is 0 Å². The van der Waals surface area contributed by atoms with Crippen LogP contribution in [-0.2, 0) is 32.7 Å². The molecule has 4 rings (SSSR count). The number of hydrogen-bond donors (Lipinski definition) is 0. The summed E-state index contributed by atoms with van der Waals surface area (Å²) in [6.07, 6.45) is -7.74. The van der Waals surface area contributed by atoms with Gasteiger partial charge in [0.05, 0.1) is 0 Å². The molecule has 0 amide bonds. The van der Waals surface area contributed by atoms with Crippen molar-refractivity contribution >= 4 is 11.0 Å². The maximum absolute atomic E-state index is 13.6. The van der Waals surface area contributed by atoms with Crippen LogP contribution in [0.4, 0.5) is 26.3 Å². The molecule has 2 aliphatic carbocycles. The van der Waals surface area contributed by atoms with E-state index in [4.69, 9.17) is 0 Å². The van der Waals surface area contributed by atoms with Crippen LogP contribution in [0.5, 0.6) is 0 Å². The Morgan fingerprint density at radius 1 is 0.750 bits per heavy atom. The summed E-state index contributed by atoms with van der Waals surface area (Å²) in [5.74, 6) is 0. The molecule has 2 aliphatic rings. The third-order valence-electron chi connectivity index (χ3n) is 7.65. The fourth-order valence-electron chi connectivity index (χ4n) is 5.57. The number of allylic oxidation sites excluding steroid dienone is 5. The van der Waals surface area contributed by atoms with Gasteiger partial charge >= 0.3 is 217 Å². The second-order valence-corrected chi connectivity index (χ2v) is 27.9. The fourth-order valence-corrected chi connectivity index (χ4v) is 26.1. The van der Waals surface area contributed by atoms with Gasteiger partial charge in [0.25, 0.3) is 0 Å². The van der Waals surface area contributed by atoms with Crippen LogP contribution in [0.1, 0.15) is 59.1 Å². The third kappa shape index (κ3) is 4.80. The van der Waals surface area contributed by atoms with Gasteiger partial charge in [0.15, 0.2) is 0 Å². The van der Waals surface area contributed by atoms with E-state index in [0.29, 0.717) is 9.20 Å². The molecule has 1 atom stereocenters. The van der Waals surface area contributed by atoms with E-state index in [9.17, 15) is 26.3 Å². The van der Waals surface area contributed by atoms with Crippen molar-refractivity contribution in [2.75, 3.05) is 0 Å². The first kappa shape index (κ1) is 27.4. The molecule has 2 aromatic carbocycles. The second-order valence-electron chi connectivity index (χ2n) is 9.94. The summed E-state index contributed by atoms with van der Waals surface area (Å²) in [6, 6.07) is 9.52.